The molecule has 0 unspecified atom stereocenters. The zero-order valence-electron chi connectivity index (χ0n) is 16.6. The van der Waals surface area contributed by atoms with Gasteiger partial charge in [-0.05, 0) is 31.4 Å². The summed E-state index contributed by atoms with van der Waals surface area (Å²) < 4.78 is 5.48. The van der Waals surface area contributed by atoms with Crippen LogP contribution in [0.2, 0.25) is 0 Å². The van der Waals surface area contributed by atoms with E-state index in [1.54, 1.807) is 16.7 Å². The van der Waals surface area contributed by atoms with E-state index in [2.05, 4.69) is 17.2 Å². The minimum absolute atomic E-state index is 0.0118. The van der Waals surface area contributed by atoms with Crippen LogP contribution in [-0.4, -0.2) is 52.3 Å². The molecule has 1 aliphatic carbocycles. The molecule has 1 aromatic heterocycles. The Labute approximate surface area is 165 Å². The Kier molecular flexibility index (Phi) is 6.84. The maximum atomic E-state index is 12.8. The second kappa shape index (κ2) is 9.13. The predicted octanol–water partition coefficient (Wildman–Crippen LogP) is 3.13. The second-order valence-electron chi connectivity index (χ2n) is 7.92. The first-order valence-corrected chi connectivity index (χ1v) is 11.4. The van der Waals surface area contributed by atoms with E-state index in [9.17, 15) is 9.59 Å². The molecular weight excluding hydrogens is 362 g/mol. The molecule has 1 N–H and O–H groups in total. The molecule has 1 aromatic rings. The number of carbonyl (C=O) groups excluding carboxylic acids is 2. The van der Waals surface area contributed by atoms with Gasteiger partial charge in [-0.3, -0.25) is 9.59 Å². The van der Waals surface area contributed by atoms with Crippen LogP contribution in [0.3, 0.4) is 0 Å². The molecule has 1 saturated heterocycles. The molecule has 3 rings (SSSR count). The molecule has 150 valence electrons. The minimum atomic E-state index is -0.101. The van der Waals surface area contributed by atoms with Gasteiger partial charge in [-0.25, -0.2) is 4.98 Å². The Morgan fingerprint density at radius 3 is 2.85 bits per heavy atom. The number of hydrogen-bond donors (Lipinski definition) is 1. The standard InChI is InChI=1S/C20H31N3O3S/c1-4-5-6-13(2)19(24)22-15-10-23(11-17(15)27-3)20(25)16-12-26-18(21-16)9-14-7-8-14/h12-15,17H,4-11H2,1-3H3,(H,22,24)/t13-,15+,17+/m0/s1. The van der Waals surface area contributed by atoms with Crippen molar-refractivity contribution in [2.45, 2.75) is 63.7 Å². The van der Waals surface area contributed by atoms with Gasteiger partial charge < -0.3 is 14.6 Å². The summed E-state index contributed by atoms with van der Waals surface area (Å²) in [7, 11) is 0. The summed E-state index contributed by atoms with van der Waals surface area (Å²) in [5.41, 5.74) is 0.383. The summed E-state index contributed by atoms with van der Waals surface area (Å²) in [5, 5.41) is 3.37. The smallest absolute Gasteiger partial charge is 0.275 e. The highest BCUT2D eigenvalue weighted by atomic mass is 32.2. The van der Waals surface area contributed by atoms with Crippen molar-refractivity contribution in [3.8, 4) is 0 Å². The lowest BCUT2D eigenvalue weighted by molar-refractivity contribution is -0.125. The molecule has 0 aromatic carbocycles. The molecule has 2 amide bonds. The minimum Gasteiger partial charge on any atom is -0.448 e. The third-order valence-corrected chi connectivity index (χ3v) is 6.64. The third kappa shape index (κ3) is 5.27. The number of unbranched alkanes of at least 4 members (excludes halogenated alkanes) is 1. The Bertz CT molecular complexity index is 659. The number of amides is 2. The third-order valence-electron chi connectivity index (χ3n) is 5.55. The van der Waals surface area contributed by atoms with Gasteiger partial charge in [0.15, 0.2) is 11.6 Å². The maximum Gasteiger partial charge on any atom is 0.275 e. The lowest BCUT2D eigenvalue weighted by Gasteiger charge is -2.20. The number of hydrogen-bond acceptors (Lipinski definition) is 5. The van der Waals surface area contributed by atoms with Gasteiger partial charge in [0.1, 0.15) is 6.26 Å². The van der Waals surface area contributed by atoms with Crippen molar-refractivity contribution < 1.29 is 14.0 Å². The fourth-order valence-electron chi connectivity index (χ4n) is 3.52. The first-order valence-electron chi connectivity index (χ1n) is 10.1. The van der Waals surface area contributed by atoms with Crippen LogP contribution in [0.15, 0.2) is 10.7 Å². The number of nitrogens with one attached hydrogen (secondary N) is 1. The van der Waals surface area contributed by atoms with Crippen LogP contribution in [-0.2, 0) is 11.2 Å². The SMILES string of the molecule is CCCC[C@H](C)C(=O)N[C@@H]1CN(C(=O)c2coc(CC3CC3)n2)C[C@H]1SC. The molecule has 1 aliphatic heterocycles. The molecule has 27 heavy (non-hydrogen) atoms. The van der Waals surface area contributed by atoms with E-state index in [4.69, 9.17) is 4.42 Å². The van der Waals surface area contributed by atoms with Crippen molar-refractivity contribution in [3.05, 3.63) is 17.8 Å². The summed E-state index contributed by atoms with van der Waals surface area (Å²) >= 11 is 1.70. The van der Waals surface area contributed by atoms with Gasteiger partial charge >= 0.3 is 0 Å². The van der Waals surface area contributed by atoms with E-state index in [1.165, 1.54) is 19.1 Å². The van der Waals surface area contributed by atoms with Gasteiger partial charge in [0.2, 0.25) is 5.91 Å². The number of likely N-dealkylation sites (tertiary alicyclic amines) is 1. The van der Waals surface area contributed by atoms with Crippen molar-refractivity contribution in [2.75, 3.05) is 19.3 Å². The topological polar surface area (TPSA) is 75.4 Å². The Morgan fingerprint density at radius 1 is 1.41 bits per heavy atom. The number of rotatable bonds is 9. The van der Waals surface area contributed by atoms with Crippen LogP contribution in [0, 0.1) is 11.8 Å². The zero-order chi connectivity index (χ0) is 19.4. The van der Waals surface area contributed by atoms with E-state index >= 15 is 0 Å². The van der Waals surface area contributed by atoms with E-state index < -0.39 is 0 Å². The Hall–Kier alpha value is -1.50. The molecule has 2 aliphatic rings. The van der Waals surface area contributed by atoms with Gasteiger partial charge in [-0.1, -0.05) is 26.7 Å². The van der Waals surface area contributed by atoms with E-state index in [0.29, 0.717) is 30.6 Å². The van der Waals surface area contributed by atoms with E-state index in [1.807, 2.05) is 13.2 Å². The van der Waals surface area contributed by atoms with Crippen LogP contribution in [0.25, 0.3) is 0 Å². The molecule has 3 atom stereocenters. The molecule has 0 bridgehead atoms. The van der Waals surface area contributed by atoms with Gasteiger partial charge in [0, 0.05) is 30.7 Å². The summed E-state index contributed by atoms with van der Waals surface area (Å²) in [6.07, 6.45) is 9.85. The van der Waals surface area contributed by atoms with Crippen LogP contribution in [0.1, 0.15) is 62.3 Å². The summed E-state index contributed by atoms with van der Waals surface area (Å²) in [6.45, 7) is 5.27. The fourth-order valence-corrected chi connectivity index (χ4v) is 4.33. The maximum absolute atomic E-state index is 12.8. The molecule has 2 fully saturated rings. The van der Waals surface area contributed by atoms with Crippen molar-refractivity contribution in [3.63, 3.8) is 0 Å². The molecular formula is C20H31N3O3S. The normalized spacial score (nSPS) is 23.4. The lowest BCUT2D eigenvalue weighted by atomic mass is 10.0. The van der Waals surface area contributed by atoms with Crippen molar-refractivity contribution in [1.82, 2.24) is 15.2 Å². The summed E-state index contributed by atoms with van der Waals surface area (Å²) in [4.78, 5) is 31.5. The number of carbonyl (C=O) groups is 2. The summed E-state index contributed by atoms with van der Waals surface area (Å²) in [6, 6.07) is -0.0154. The number of oxazole rings is 1. The van der Waals surface area contributed by atoms with Crippen LogP contribution in [0.5, 0.6) is 0 Å². The van der Waals surface area contributed by atoms with Crippen molar-refractivity contribution >= 4 is 23.6 Å². The Morgan fingerprint density at radius 2 is 2.19 bits per heavy atom. The highest BCUT2D eigenvalue weighted by molar-refractivity contribution is 7.99. The second-order valence-corrected chi connectivity index (χ2v) is 8.99. The largest absolute Gasteiger partial charge is 0.448 e. The van der Waals surface area contributed by atoms with Crippen LogP contribution in [0.4, 0.5) is 0 Å². The number of nitrogens with zero attached hydrogens (tertiary/aromatic N) is 2. The number of aromatic nitrogens is 1. The highest BCUT2D eigenvalue weighted by Gasteiger charge is 2.37. The fraction of sp³-hybridized carbons (Fsp3) is 0.750. The van der Waals surface area contributed by atoms with Gasteiger partial charge in [0.25, 0.3) is 5.91 Å². The van der Waals surface area contributed by atoms with Crippen LogP contribution >= 0.6 is 11.8 Å². The van der Waals surface area contributed by atoms with Crippen molar-refractivity contribution in [1.29, 1.82) is 0 Å². The quantitative estimate of drug-likeness (QED) is 0.698. The molecule has 1 saturated carbocycles. The molecule has 0 spiro atoms. The number of thioether (sulfide) groups is 1. The molecule has 2 heterocycles. The predicted molar refractivity (Wildman–Crippen MR) is 107 cm³/mol. The van der Waals surface area contributed by atoms with Crippen molar-refractivity contribution in [2.24, 2.45) is 11.8 Å². The molecule has 6 nitrogen and oxygen atoms in total. The average molecular weight is 394 g/mol. The van der Waals surface area contributed by atoms with Gasteiger partial charge in [-0.2, -0.15) is 11.8 Å². The van der Waals surface area contributed by atoms with E-state index in [0.717, 1.165) is 25.7 Å². The van der Waals surface area contributed by atoms with Gasteiger partial charge in [0.05, 0.1) is 6.04 Å². The lowest BCUT2D eigenvalue weighted by Crippen LogP contribution is -2.44. The highest BCUT2D eigenvalue weighted by Crippen LogP contribution is 2.32. The molecule has 0 radical (unpaired) electrons. The average Bonchev–Trinajstić information content (AvgIpc) is 3.19. The zero-order valence-corrected chi connectivity index (χ0v) is 17.4. The van der Waals surface area contributed by atoms with E-state index in [-0.39, 0.29) is 29.0 Å². The summed E-state index contributed by atoms with van der Waals surface area (Å²) in [5.74, 6) is 1.34. The first-order chi connectivity index (χ1) is 13.0. The monoisotopic (exact) mass is 393 g/mol. The first kappa shape index (κ1) is 20.2. The Balaban J connectivity index is 1.56. The molecule has 7 heteroatoms. The van der Waals surface area contributed by atoms with Crippen LogP contribution < -0.4 is 5.32 Å². The van der Waals surface area contributed by atoms with Gasteiger partial charge in [-0.15, -0.1) is 0 Å².